The molecule has 1 aromatic carbocycles. The highest BCUT2D eigenvalue weighted by molar-refractivity contribution is 7.71. The molecule has 0 bridgehead atoms. The SMILES string of the molecule is CN=Cc1c(-c2ccc(C(C)(C)C)cc2)[nH]c(=S)[nH]c1=O. The molecule has 2 aromatic rings. The minimum absolute atomic E-state index is 0.0906. The van der Waals surface area contributed by atoms with Gasteiger partial charge in [0.25, 0.3) is 5.56 Å². The summed E-state index contributed by atoms with van der Waals surface area (Å²) in [5, 5.41) is 0. The van der Waals surface area contributed by atoms with Gasteiger partial charge in [-0.15, -0.1) is 0 Å². The van der Waals surface area contributed by atoms with E-state index in [0.29, 0.717) is 16.0 Å². The Hall–Kier alpha value is -2.01. The van der Waals surface area contributed by atoms with Crippen molar-refractivity contribution in [3.05, 3.63) is 50.5 Å². The summed E-state index contributed by atoms with van der Waals surface area (Å²) in [6.07, 6.45) is 1.54. The number of rotatable bonds is 2. The molecule has 0 atom stereocenters. The van der Waals surface area contributed by atoms with Gasteiger partial charge in [0.1, 0.15) is 0 Å². The van der Waals surface area contributed by atoms with Gasteiger partial charge in [-0.05, 0) is 28.8 Å². The van der Waals surface area contributed by atoms with Crippen LogP contribution in [0.5, 0.6) is 0 Å². The average molecular weight is 301 g/mol. The summed E-state index contributed by atoms with van der Waals surface area (Å²) in [4.78, 5) is 21.6. The Kier molecular flexibility index (Phi) is 4.23. The first-order chi connectivity index (χ1) is 9.82. The van der Waals surface area contributed by atoms with Gasteiger partial charge in [-0.3, -0.25) is 14.8 Å². The first-order valence-corrected chi connectivity index (χ1v) is 7.13. The van der Waals surface area contributed by atoms with Crippen molar-refractivity contribution in [1.29, 1.82) is 0 Å². The first kappa shape index (κ1) is 15.4. The van der Waals surface area contributed by atoms with E-state index >= 15 is 0 Å². The number of benzene rings is 1. The van der Waals surface area contributed by atoms with Crippen molar-refractivity contribution in [3.63, 3.8) is 0 Å². The molecule has 0 aliphatic carbocycles. The number of nitrogens with zero attached hydrogens (tertiary/aromatic N) is 1. The average Bonchev–Trinajstić information content (AvgIpc) is 2.41. The molecule has 2 rings (SSSR count). The van der Waals surface area contributed by atoms with Crippen LogP contribution in [0.3, 0.4) is 0 Å². The summed E-state index contributed by atoms with van der Waals surface area (Å²) in [6.45, 7) is 6.49. The van der Waals surface area contributed by atoms with Crippen molar-refractivity contribution in [3.8, 4) is 11.3 Å². The van der Waals surface area contributed by atoms with Crippen LogP contribution in [-0.4, -0.2) is 23.2 Å². The second-order valence-corrected chi connectivity index (χ2v) is 6.32. The van der Waals surface area contributed by atoms with Gasteiger partial charge in [0, 0.05) is 13.3 Å². The van der Waals surface area contributed by atoms with Gasteiger partial charge in [0.15, 0.2) is 4.77 Å². The molecule has 5 heteroatoms. The van der Waals surface area contributed by atoms with Crippen LogP contribution >= 0.6 is 12.2 Å². The number of hydrogen-bond acceptors (Lipinski definition) is 3. The highest BCUT2D eigenvalue weighted by Crippen LogP contribution is 2.25. The molecule has 0 spiro atoms. The minimum Gasteiger partial charge on any atom is -0.331 e. The lowest BCUT2D eigenvalue weighted by Crippen LogP contribution is -2.16. The predicted molar refractivity (Wildman–Crippen MR) is 89.9 cm³/mol. The van der Waals surface area contributed by atoms with Crippen LogP contribution in [-0.2, 0) is 5.41 Å². The Labute approximate surface area is 129 Å². The van der Waals surface area contributed by atoms with Crippen molar-refractivity contribution >= 4 is 18.4 Å². The van der Waals surface area contributed by atoms with E-state index in [1.165, 1.54) is 11.8 Å². The van der Waals surface area contributed by atoms with Crippen molar-refractivity contribution in [2.75, 3.05) is 7.05 Å². The summed E-state index contributed by atoms with van der Waals surface area (Å²) in [7, 11) is 1.63. The lowest BCUT2D eigenvalue weighted by molar-refractivity contribution is 0.590. The number of aromatic amines is 2. The second-order valence-electron chi connectivity index (χ2n) is 5.91. The summed E-state index contributed by atoms with van der Waals surface area (Å²) >= 11 is 5.06. The molecule has 0 aliphatic rings. The third kappa shape index (κ3) is 3.36. The predicted octanol–water partition coefficient (Wildman–Crippen LogP) is 3.45. The zero-order chi connectivity index (χ0) is 15.6. The lowest BCUT2D eigenvalue weighted by atomic mass is 9.86. The quantitative estimate of drug-likeness (QED) is 0.659. The summed E-state index contributed by atoms with van der Waals surface area (Å²) in [5.41, 5.74) is 3.17. The van der Waals surface area contributed by atoms with Crippen LogP contribution in [0.1, 0.15) is 31.9 Å². The molecule has 0 amide bonds. The molecular formula is C16H19N3OS. The molecule has 0 unspecified atom stereocenters. The molecule has 2 N–H and O–H groups in total. The van der Waals surface area contributed by atoms with E-state index in [0.717, 1.165) is 5.56 Å². The van der Waals surface area contributed by atoms with E-state index in [-0.39, 0.29) is 11.0 Å². The molecular weight excluding hydrogens is 282 g/mol. The molecule has 4 nitrogen and oxygen atoms in total. The number of hydrogen-bond donors (Lipinski definition) is 2. The van der Waals surface area contributed by atoms with E-state index in [1.807, 2.05) is 12.1 Å². The van der Waals surface area contributed by atoms with Gasteiger partial charge >= 0.3 is 0 Å². The third-order valence-corrected chi connectivity index (χ3v) is 3.48. The van der Waals surface area contributed by atoms with Crippen molar-refractivity contribution in [1.82, 2.24) is 9.97 Å². The largest absolute Gasteiger partial charge is 0.331 e. The van der Waals surface area contributed by atoms with Gasteiger partial charge in [0.05, 0.1) is 11.3 Å². The third-order valence-electron chi connectivity index (χ3n) is 3.28. The lowest BCUT2D eigenvalue weighted by Gasteiger charge is -2.19. The summed E-state index contributed by atoms with van der Waals surface area (Å²) < 4.78 is 0.308. The van der Waals surface area contributed by atoms with Crippen LogP contribution in [0.4, 0.5) is 0 Å². The monoisotopic (exact) mass is 301 g/mol. The van der Waals surface area contributed by atoms with Crippen molar-refractivity contribution in [2.24, 2.45) is 4.99 Å². The van der Waals surface area contributed by atoms with Crippen molar-refractivity contribution in [2.45, 2.75) is 26.2 Å². The molecule has 0 aliphatic heterocycles. The Bertz CT molecular complexity index is 777. The Morgan fingerprint density at radius 1 is 1.14 bits per heavy atom. The zero-order valence-electron chi connectivity index (χ0n) is 12.7. The Morgan fingerprint density at radius 2 is 1.76 bits per heavy atom. The molecule has 0 fully saturated rings. The number of aliphatic imine (C=N–C) groups is 1. The molecule has 0 saturated carbocycles. The number of nitrogens with one attached hydrogen (secondary N) is 2. The first-order valence-electron chi connectivity index (χ1n) is 6.72. The summed E-state index contributed by atoms with van der Waals surface area (Å²) in [6, 6.07) is 8.13. The normalized spacial score (nSPS) is 12.0. The van der Waals surface area contributed by atoms with E-state index in [4.69, 9.17) is 12.2 Å². The smallest absolute Gasteiger partial charge is 0.261 e. The van der Waals surface area contributed by atoms with Crippen LogP contribution in [0.2, 0.25) is 0 Å². The molecule has 1 aromatic heterocycles. The molecule has 21 heavy (non-hydrogen) atoms. The maximum atomic E-state index is 12.0. The van der Waals surface area contributed by atoms with Gasteiger partial charge in [-0.2, -0.15) is 0 Å². The van der Waals surface area contributed by atoms with E-state index in [2.05, 4.69) is 47.9 Å². The minimum atomic E-state index is -0.237. The molecule has 1 heterocycles. The fourth-order valence-corrected chi connectivity index (χ4v) is 2.31. The van der Waals surface area contributed by atoms with Crippen LogP contribution in [0, 0.1) is 4.77 Å². The van der Waals surface area contributed by atoms with Crippen LogP contribution in [0.25, 0.3) is 11.3 Å². The maximum absolute atomic E-state index is 12.0. The Balaban J connectivity index is 2.62. The zero-order valence-corrected chi connectivity index (χ0v) is 13.5. The molecule has 0 saturated heterocycles. The van der Waals surface area contributed by atoms with E-state index < -0.39 is 0 Å². The Morgan fingerprint density at radius 3 is 2.29 bits per heavy atom. The van der Waals surface area contributed by atoms with Gasteiger partial charge in [0.2, 0.25) is 0 Å². The van der Waals surface area contributed by atoms with E-state index in [1.54, 1.807) is 7.05 Å². The van der Waals surface area contributed by atoms with Crippen LogP contribution in [0.15, 0.2) is 34.1 Å². The summed E-state index contributed by atoms with van der Waals surface area (Å²) in [5.74, 6) is 0. The van der Waals surface area contributed by atoms with E-state index in [9.17, 15) is 4.79 Å². The second kappa shape index (κ2) is 5.77. The van der Waals surface area contributed by atoms with Crippen LogP contribution < -0.4 is 5.56 Å². The standard InChI is InChI=1S/C16H19N3OS/c1-16(2,3)11-7-5-10(6-8-11)13-12(9-17-4)14(20)19-15(21)18-13/h5-9H,1-4H3,(H2,18,19,20,21). The van der Waals surface area contributed by atoms with Gasteiger partial charge in [-0.25, -0.2) is 0 Å². The topological polar surface area (TPSA) is 61.0 Å². The van der Waals surface area contributed by atoms with Gasteiger partial charge in [-0.1, -0.05) is 45.0 Å². The number of aromatic nitrogens is 2. The highest BCUT2D eigenvalue weighted by Gasteiger charge is 2.14. The molecule has 110 valence electrons. The fourth-order valence-electron chi connectivity index (χ4n) is 2.11. The van der Waals surface area contributed by atoms with Crippen molar-refractivity contribution < 1.29 is 0 Å². The fraction of sp³-hybridized carbons (Fsp3) is 0.312. The maximum Gasteiger partial charge on any atom is 0.261 e. The molecule has 0 radical (unpaired) electrons. The van der Waals surface area contributed by atoms with Gasteiger partial charge < -0.3 is 4.98 Å². The number of H-pyrrole nitrogens is 2. The highest BCUT2D eigenvalue weighted by atomic mass is 32.1.